The van der Waals surface area contributed by atoms with Gasteiger partial charge in [-0.05, 0) is 37.8 Å². The number of nitrogens with one attached hydrogen (secondary N) is 2. The van der Waals surface area contributed by atoms with E-state index in [9.17, 15) is 10.1 Å². The first-order valence-electron chi connectivity index (χ1n) is 9.56. The average Bonchev–Trinajstić information content (AvgIpc) is 3.02. The molecule has 1 aromatic carbocycles. The minimum absolute atomic E-state index is 0.114. The van der Waals surface area contributed by atoms with E-state index in [0.29, 0.717) is 42.5 Å². The van der Waals surface area contributed by atoms with Gasteiger partial charge in [0, 0.05) is 12.6 Å². The van der Waals surface area contributed by atoms with E-state index in [1.54, 1.807) is 4.68 Å². The molecule has 1 aromatic heterocycles. The lowest BCUT2D eigenvalue weighted by molar-refractivity contribution is 0.232. The van der Waals surface area contributed by atoms with Gasteiger partial charge in [0.15, 0.2) is 0 Å². The molecule has 0 spiro atoms. The Balaban J connectivity index is 1.52. The number of nitrogens with zero attached hydrogens (tertiary/aromatic N) is 3. The molecule has 0 saturated heterocycles. The number of nitriles is 1. The Bertz CT molecular complexity index is 802. The summed E-state index contributed by atoms with van der Waals surface area (Å²) in [7, 11) is 0. The molecular formula is C20H26N6O. The first kappa shape index (κ1) is 18.8. The zero-order chi connectivity index (χ0) is 19.1. The number of carbonyl (C=O) groups is 1. The summed E-state index contributed by atoms with van der Waals surface area (Å²) in [5.74, 6) is 0.349. The monoisotopic (exact) mass is 366 g/mol. The summed E-state index contributed by atoms with van der Waals surface area (Å²) in [4.78, 5) is 12.0. The Hall–Kier alpha value is -3.01. The fourth-order valence-electron chi connectivity index (χ4n) is 3.48. The maximum atomic E-state index is 12.0. The normalized spacial score (nSPS) is 14.5. The molecule has 1 heterocycles. The first-order chi connectivity index (χ1) is 13.2. The van der Waals surface area contributed by atoms with Crippen LogP contribution in [0.25, 0.3) is 5.69 Å². The molecule has 2 aromatic rings. The van der Waals surface area contributed by atoms with Crippen LogP contribution in [-0.2, 0) is 6.42 Å². The van der Waals surface area contributed by atoms with Crippen molar-refractivity contribution in [3.63, 3.8) is 0 Å². The number of anilines is 1. The van der Waals surface area contributed by atoms with Gasteiger partial charge >= 0.3 is 6.03 Å². The summed E-state index contributed by atoms with van der Waals surface area (Å²) < 4.78 is 1.59. The van der Waals surface area contributed by atoms with Crippen LogP contribution in [0.3, 0.4) is 0 Å². The molecule has 0 aliphatic heterocycles. The zero-order valence-electron chi connectivity index (χ0n) is 15.4. The topological polar surface area (TPSA) is 109 Å². The number of urea groups is 1. The summed E-state index contributed by atoms with van der Waals surface area (Å²) in [5.41, 5.74) is 7.99. The van der Waals surface area contributed by atoms with Crippen molar-refractivity contribution < 1.29 is 4.79 Å². The van der Waals surface area contributed by atoms with Crippen molar-refractivity contribution in [2.45, 2.75) is 51.0 Å². The van der Waals surface area contributed by atoms with Gasteiger partial charge in [-0.3, -0.25) is 0 Å². The summed E-state index contributed by atoms with van der Waals surface area (Å²) in [5, 5.41) is 19.9. The van der Waals surface area contributed by atoms with Crippen molar-refractivity contribution in [1.29, 1.82) is 5.26 Å². The standard InChI is InChI=1S/C20H26N6O/c21-14-17-18(25-26(19(17)22)16-10-5-2-6-11-16)12-7-13-23-20(27)24-15-8-3-1-4-9-15/h2,5-6,10-11,15H,1,3-4,7-9,12-13,22H2,(H2,23,24,27). The highest BCUT2D eigenvalue weighted by molar-refractivity contribution is 5.74. The molecule has 142 valence electrons. The number of aryl methyl sites for hydroxylation is 1. The van der Waals surface area contributed by atoms with Crippen molar-refractivity contribution in [1.82, 2.24) is 20.4 Å². The molecule has 0 atom stereocenters. The van der Waals surface area contributed by atoms with Gasteiger partial charge in [0.05, 0.1) is 11.4 Å². The molecule has 2 amide bonds. The van der Waals surface area contributed by atoms with E-state index >= 15 is 0 Å². The Labute approximate surface area is 159 Å². The summed E-state index contributed by atoms with van der Waals surface area (Å²) in [6.45, 7) is 0.529. The smallest absolute Gasteiger partial charge is 0.315 e. The molecular weight excluding hydrogens is 340 g/mol. The fraction of sp³-hybridized carbons (Fsp3) is 0.450. The number of carbonyl (C=O) groups excluding carboxylic acids is 1. The zero-order valence-corrected chi connectivity index (χ0v) is 15.4. The van der Waals surface area contributed by atoms with E-state index in [0.717, 1.165) is 18.5 Å². The predicted molar refractivity (Wildman–Crippen MR) is 104 cm³/mol. The van der Waals surface area contributed by atoms with Crippen LogP contribution in [0.1, 0.15) is 49.8 Å². The highest BCUT2D eigenvalue weighted by atomic mass is 16.2. The van der Waals surface area contributed by atoms with Crippen LogP contribution < -0.4 is 16.4 Å². The number of aromatic nitrogens is 2. The lowest BCUT2D eigenvalue weighted by Gasteiger charge is -2.22. The molecule has 7 heteroatoms. The van der Waals surface area contributed by atoms with Gasteiger partial charge in [0.1, 0.15) is 17.5 Å². The molecule has 7 nitrogen and oxygen atoms in total. The minimum atomic E-state index is -0.114. The minimum Gasteiger partial charge on any atom is -0.382 e. The number of rotatable bonds is 6. The number of nitrogens with two attached hydrogens (primary N) is 1. The number of hydrogen-bond acceptors (Lipinski definition) is 4. The van der Waals surface area contributed by atoms with Crippen molar-refractivity contribution in [2.24, 2.45) is 0 Å². The van der Waals surface area contributed by atoms with Crippen molar-refractivity contribution in [3.05, 3.63) is 41.6 Å². The predicted octanol–water partition coefficient (Wildman–Crippen LogP) is 2.89. The van der Waals surface area contributed by atoms with Gasteiger partial charge in [-0.1, -0.05) is 37.5 Å². The van der Waals surface area contributed by atoms with Gasteiger partial charge in [-0.25, -0.2) is 9.48 Å². The number of para-hydroxylation sites is 1. The second kappa shape index (κ2) is 9.08. The van der Waals surface area contributed by atoms with E-state index in [4.69, 9.17) is 5.73 Å². The Kier molecular flexibility index (Phi) is 6.31. The largest absolute Gasteiger partial charge is 0.382 e. The molecule has 1 saturated carbocycles. The van der Waals surface area contributed by atoms with Crippen molar-refractivity contribution >= 4 is 11.8 Å². The molecule has 1 aliphatic rings. The van der Waals surface area contributed by atoms with Crippen molar-refractivity contribution in [3.8, 4) is 11.8 Å². The number of hydrogen-bond donors (Lipinski definition) is 3. The number of benzene rings is 1. The highest BCUT2D eigenvalue weighted by Crippen LogP contribution is 2.21. The van der Waals surface area contributed by atoms with Crippen LogP contribution in [0.15, 0.2) is 30.3 Å². The number of amides is 2. The van der Waals surface area contributed by atoms with Gasteiger partial charge in [-0.15, -0.1) is 0 Å². The quantitative estimate of drug-likeness (QED) is 0.683. The van der Waals surface area contributed by atoms with Gasteiger partial charge < -0.3 is 16.4 Å². The van der Waals surface area contributed by atoms with Gasteiger partial charge in [-0.2, -0.15) is 10.4 Å². The van der Waals surface area contributed by atoms with Crippen LogP contribution >= 0.6 is 0 Å². The second-order valence-corrected chi connectivity index (χ2v) is 6.90. The maximum absolute atomic E-state index is 12.0. The lowest BCUT2D eigenvalue weighted by atomic mass is 9.96. The molecule has 0 unspecified atom stereocenters. The van der Waals surface area contributed by atoms with Gasteiger partial charge in [0.2, 0.25) is 0 Å². The third kappa shape index (κ3) is 4.79. The molecule has 1 aliphatic carbocycles. The van der Waals surface area contributed by atoms with E-state index in [1.165, 1.54) is 19.3 Å². The Morgan fingerprint density at radius 3 is 2.70 bits per heavy atom. The van der Waals surface area contributed by atoms with E-state index < -0.39 is 0 Å². The summed E-state index contributed by atoms with van der Waals surface area (Å²) >= 11 is 0. The lowest BCUT2D eigenvalue weighted by Crippen LogP contribution is -2.43. The summed E-state index contributed by atoms with van der Waals surface area (Å²) in [6, 6.07) is 11.8. The second-order valence-electron chi connectivity index (χ2n) is 6.90. The van der Waals surface area contributed by atoms with E-state index in [-0.39, 0.29) is 6.03 Å². The van der Waals surface area contributed by atoms with Gasteiger partial charge in [0.25, 0.3) is 0 Å². The molecule has 0 bridgehead atoms. The Morgan fingerprint density at radius 1 is 1.26 bits per heavy atom. The SMILES string of the molecule is N#Cc1c(CCCNC(=O)NC2CCCCC2)nn(-c2ccccc2)c1N. The third-order valence-corrected chi connectivity index (χ3v) is 4.92. The fourth-order valence-corrected chi connectivity index (χ4v) is 3.48. The third-order valence-electron chi connectivity index (χ3n) is 4.92. The molecule has 0 radical (unpaired) electrons. The van der Waals surface area contributed by atoms with Crippen LogP contribution in [0.2, 0.25) is 0 Å². The molecule has 1 fully saturated rings. The molecule has 27 heavy (non-hydrogen) atoms. The van der Waals surface area contributed by atoms with E-state index in [1.807, 2.05) is 30.3 Å². The first-order valence-corrected chi connectivity index (χ1v) is 9.56. The Morgan fingerprint density at radius 2 is 2.00 bits per heavy atom. The number of nitrogen functional groups attached to an aromatic ring is 1. The molecule has 4 N–H and O–H groups in total. The molecule has 3 rings (SSSR count). The summed E-state index contributed by atoms with van der Waals surface area (Å²) in [6.07, 6.45) is 7.04. The van der Waals surface area contributed by atoms with E-state index in [2.05, 4.69) is 21.8 Å². The van der Waals surface area contributed by atoms with Crippen LogP contribution in [0, 0.1) is 11.3 Å². The maximum Gasteiger partial charge on any atom is 0.315 e. The highest BCUT2D eigenvalue weighted by Gasteiger charge is 2.17. The van der Waals surface area contributed by atoms with Crippen molar-refractivity contribution in [2.75, 3.05) is 12.3 Å². The van der Waals surface area contributed by atoms with Crippen LogP contribution in [0.5, 0.6) is 0 Å². The van der Waals surface area contributed by atoms with Crippen LogP contribution in [-0.4, -0.2) is 28.4 Å². The van der Waals surface area contributed by atoms with Crippen LogP contribution in [0.4, 0.5) is 10.6 Å². The average molecular weight is 366 g/mol.